The number of likely N-dealkylation sites (tertiary alicyclic amines) is 2. The van der Waals surface area contributed by atoms with Crippen LogP contribution in [-0.4, -0.2) is 106 Å². The SMILES string of the molecule is COC(=O)NC(C(=O)N1CCCC1c1nc2ccc(C#Cc3ccc4c(ccc5[nH]c(C6CCCN6C(=O)C(NC(=O)OC)C6CCOCC6)nc54)c3)cc2[nH]1)C(C)C. The summed E-state index contributed by atoms with van der Waals surface area (Å²) < 4.78 is 15.2. The molecule has 0 radical (unpaired) electrons. The molecule has 4 N–H and O–H groups in total. The van der Waals surface area contributed by atoms with Crippen molar-refractivity contribution in [2.75, 3.05) is 40.5 Å². The van der Waals surface area contributed by atoms with Gasteiger partial charge in [0, 0.05) is 42.8 Å². The van der Waals surface area contributed by atoms with Gasteiger partial charge < -0.3 is 44.6 Å². The Balaban J connectivity index is 0.991. The number of H-pyrrole nitrogens is 2. The highest BCUT2D eigenvalue weighted by molar-refractivity contribution is 6.04. The number of aromatic nitrogens is 4. The van der Waals surface area contributed by atoms with Crippen LogP contribution in [0.25, 0.3) is 32.8 Å². The molecule has 4 unspecified atom stereocenters. The quantitative estimate of drug-likeness (QED) is 0.140. The van der Waals surface area contributed by atoms with Crippen molar-refractivity contribution in [2.24, 2.45) is 11.8 Å². The van der Waals surface area contributed by atoms with Crippen LogP contribution in [0.15, 0.2) is 48.5 Å². The summed E-state index contributed by atoms with van der Waals surface area (Å²) in [6, 6.07) is 14.1. The Kier molecular flexibility index (Phi) is 11.4. The number of imidazole rings is 2. The van der Waals surface area contributed by atoms with Crippen LogP contribution in [0.1, 0.15) is 87.2 Å². The molecular formula is C44H50N8O7. The largest absolute Gasteiger partial charge is 0.453 e. The summed E-state index contributed by atoms with van der Waals surface area (Å²) >= 11 is 0. The first-order chi connectivity index (χ1) is 28.6. The highest BCUT2D eigenvalue weighted by Gasteiger charge is 2.41. The second-order valence-electron chi connectivity index (χ2n) is 15.9. The van der Waals surface area contributed by atoms with Crippen molar-refractivity contribution in [3.05, 3.63) is 71.3 Å². The molecule has 0 aliphatic carbocycles. The van der Waals surface area contributed by atoms with E-state index in [1.54, 1.807) is 4.90 Å². The van der Waals surface area contributed by atoms with Gasteiger partial charge in [-0.05, 0) is 92.1 Å². The van der Waals surface area contributed by atoms with E-state index in [1.807, 2.05) is 61.2 Å². The Morgan fingerprint density at radius 3 is 2.08 bits per heavy atom. The maximum absolute atomic E-state index is 14.1. The number of ether oxygens (including phenoxy) is 3. The first-order valence-corrected chi connectivity index (χ1v) is 20.4. The molecule has 0 saturated carbocycles. The molecule has 2 aromatic heterocycles. The van der Waals surface area contributed by atoms with E-state index in [2.05, 4.69) is 38.5 Å². The fourth-order valence-electron chi connectivity index (χ4n) is 8.77. The van der Waals surface area contributed by atoms with E-state index in [0.29, 0.717) is 45.0 Å². The summed E-state index contributed by atoms with van der Waals surface area (Å²) in [6.07, 6.45) is 3.32. The first kappa shape index (κ1) is 39.7. The van der Waals surface area contributed by atoms with Crippen LogP contribution in [0, 0.1) is 23.7 Å². The Bertz CT molecular complexity index is 2460. The molecular weight excluding hydrogens is 753 g/mol. The van der Waals surface area contributed by atoms with Crippen LogP contribution >= 0.6 is 0 Å². The fraction of sp³-hybridized carbons (Fsp3) is 0.455. The molecule has 5 heterocycles. The number of methoxy groups -OCH3 is 2. The van der Waals surface area contributed by atoms with Crippen molar-refractivity contribution < 1.29 is 33.4 Å². The third-order valence-corrected chi connectivity index (χ3v) is 11.9. The van der Waals surface area contributed by atoms with Crippen molar-refractivity contribution >= 4 is 56.8 Å². The van der Waals surface area contributed by atoms with Crippen LogP contribution in [0.2, 0.25) is 0 Å². The van der Waals surface area contributed by atoms with Crippen molar-refractivity contribution in [3.8, 4) is 11.8 Å². The molecule has 0 bridgehead atoms. The second-order valence-corrected chi connectivity index (χ2v) is 15.9. The number of alkyl carbamates (subject to hydrolysis) is 2. The van der Waals surface area contributed by atoms with Crippen molar-refractivity contribution in [3.63, 3.8) is 0 Å². The number of nitrogens with zero attached hydrogens (tertiary/aromatic N) is 4. The maximum atomic E-state index is 14.1. The molecule has 4 atom stereocenters. The Hall–Kier alpha value is -6.14. The highest BCUT2D eigenvalue weighted by atomic mass is 16.5. The zero-order valence-electron chi connectivity index (χ0n) is 33.8. The van der Waals surface area contributed by atoms with Crippen molar-refractivity contribution in [1.82, 2.24) is 40.4 Å². The second kappa shape index (κ2) is 17.0. The van der Waals surface area contributed by atoms with Gasteiger partial charge >= 0.3 is 12.2 Å². The van der Waals surface area contributed by atoms with Crippen LogP contribution in [0.3, 0.4) is 0 Å². The number of rotatable bonds is 8. The standard InChI is InChI=1S/C44H50N8O7/c1-25(2)36(49-43(55)57-3)41(53)51-19-5-7-34(51)39-45-31-15-12-27(24-33(31)47-39)10-9-26-11-14-30-29(23-26)13-16-32-38(30)48-40(46-32)35-8-6-20-52(35)42(54)37(50-44(56)58-4)28-17-21-59-22-18-28/h11-16,23-25,28,34-37H,5-8,17-22H2,1-4H3,(H,45,47)(H,46,48)(H,49,55)(H,50,56). The number of hydrogen-bond donors (Lipinski definition) is 4. The topological polar surface area (TPSA) is 184 Å². The number of aromatic amines is 2. The molecule has 8 rings (SSSR count). The van der Waals surface area contributed by atoms with Crippen LogP contribution < -0.4 is 10.6 Å². The number of amides is 4. The molecule has 3 fully saturated rings. The number of carbonyl (C=O) groups excluding carboxylic acids is 4. The minimum atomic E-state index is -0.702. The van der Waals surface area contributed by atoms with Gasteiger partial charge in [-0.2, -0.15) is 0 Å². The van der Waals surface area contributed by atoms with E-state index in [9.17, 15) is 19.2 Å². The van der Waals surface area contributed by atoms with Gasteiger partial charge in [0.1, 0.15) is 23.7 Å². The summed E-state index contributed by atoms with van der Waals surface area (Å²) in [5, 5.41) is 7.49. The van der Waals surface area contributed by atoms with Crippen molar-refractivity contribution in [2.45, 2.75) is 76.5 Å². The molecule has 4 amide bonds. The molecule has 0 spiro atoms. The molecule has 59 heavy (non-hydrogen) atoms. The number of fused-ring (bicyclic) bond motifs is 4. The third-order valence-electron chi connectivity index (χ3n) is 11.9. The summed E-state index contributed by atoms with van der Waals surface area (Å²) in [5.74, 6) is 7.63. The smallest absolute Gasteiger partial charge is 0.407 e. The van der Waals surface area contributed by atoms with Gasteiger partial charge in [-0.25, -0.2) is 19.6 Å². The van der Waals surface area contributed by atoms with Gasteiger partial charge in [-0.3, -0.25) is 9.59 Å². The van der Waals surface area contributed by atoms with Gasteiger partial charge in [0.2, 0.25) is 11.8 Å². The maximum Gasteiger partial charge on any atom is 0.407 e. The van der Waals surface area contributed by atoms with Crippen LogP contribution in [0.5, 0.6) is 0 Å². The summed E-state index contributed by atoms with van der Waals surface area (Å²) in [7, 11) is 2.59. The summed E-state index contributed by atoms with van der Waals surface area (Å²) in [4.78, 5) is 72.5. The normalized spacial score (nSPS) is 19.5. The molecule has 5 aromatic rings. The van der Waals surface area contributed by atoms with Gasteiger partial charge in [0.05, 0.1) is 48.4 Å². The van der Waals surface area contributed by atoms with E-state index in [-0.39, 0.29) is 35.7 Å². The van der Waals surface area contributed by atoms with Crippen molar-refractivity contribution in [1.29, 1.82) is 0 Å². The first-order valence-electron chi connectivity index (χ1n) is 20.4. The zero-order chi connectivity index (χ0) is 41.2. The molecule has 308 valence electrons. The van der Waals surface area contributed by atoms with Crippen LogP contribution in [-0.2, 0) is 23.8 Å². The van der Waals surface area contributed by atoms with Gasteiger partial charge in [0.15, 0.2) is 0 Å². The highest BCUT2D eigenvalue weighted by Crippen LogP contribution is 2.36. The average Bonchev–Trinajstić information content (AvgIpc) is 4.09. The minimum Gasteiger partial charge on any atom is -0.453 e. The Labute approximate surface area is 341 Å². The lowest BCUT2D eigenvalue weighted by Gasteiger charge is -2.34. The molecule has 15 nitrogen and oxygen atoms in total. The molecule has 3 aromatic carbocycles. The molecule has 3 aliphatic rings. The molecule has 3 aliphatic heterocycles. The number of carbonyl (C=O) groups is 4. The predicted octanol–water partition coefficient (Wildman–Crippen LogP) is 5.85. The summed E-state index contributed by atoms with van der Waals surface area (Å²) in [5.41, 5.74) is 4.99. The van der Waals surface area contributed by atoms with E-state index in [0.717, 1.165) is 75.5 Å². The van der Waals surface area contributed by atoms with E-state index >= 15 is 0 Å². The summed E-state index contributed by atoms with van der Waals surface area (Å²) in [6.45, 7) is 6.06. The lowest BCUT2D eigenvalue weighted by Crippen LogP contribution is -2.53. The van der Waals surface area contributed by atoms with Gasteiger partial charge in [0.25, 0.3) is 0 Å². The fourth-order valence-corrected chi connectivity index (χ4v) is 8.77. The minimum absolute atomic E-state index is 0.0378. The van der Waals surface area contributed by atoms with Gasteiger partial charge in [-0.1, -0.05) is 37.8 Å². The predicted molar refractivity (Wildman–Crippen MR) is 220 cm³/mol. The third kappa shape index (κ3) is 8.14. The van der Waals surface area contributed by atoms with E-state index in [4.69, 9.17) is 24.2 Å². The van der Waals surface area contributed by atoms with Gasteiger partial charge in [-0.15, -0.1) is 0 Å². The molecule has 3 saturated heterocycles. The Morgan fingerprint density at radius 2 is 1.39 bits per heavy atom. The lowest BCUT2D eigenvalue weighted by atomic mass is 9.90. The number of hydrogen-bond acceptors (Lipinski definition) is 9. The zero-order valence-corrected chi connectivity index (χ0v) is 33.8. The van der Waals surface area contributed by atoms with E-state index in [1.165, 1.54) is 14.2 Å². The Morgan fingerprint density at radius 1 is 0.763 bits per heavy atom. The lowest BCUT2D eigenvalue weighted by molar-refractivity contribution is -0.137. The van der Waals surface area contributed by atoms with E-state index < -0.39 is 24.3 Å². The average molecular weight is 803 g/mol. The number of benzene rings is 3. The number of nitrogens with one attached hydrogen (secondary N) is 4. The monoisotopic (exact) mass is 802 g/mol. The molecule has 15 heteroatoms. The van der Waals surface area contributed by atoms with Crippen LogP contribution in [0.4, 0.5) is 9.59 Å².